The smallest absolute Gasteiger partial charge is 0.341 e. The summed E-state index contributed by atoms with van der Waals surface area (Å²) < 4.78 is 22.9. The molecule has 2 rings (SSSR count). The average molecular weight is 463 g/mol. The fraction of sp³-hybridized carbons (Fsp3) is 0.480. The molecule has 6 nitrogen and oxygen atoms in total. The SMILES string of the molecule is CCOC(CC(COc1ccc(C)cc1)CSc1ccc(OCC(=O)O)c(C)c1)OCC. The van der Waals surface area contributed by atoms with E-state index in [0.29, 0.717) is 25.6 Å². The number of hydrogen-bond acceptors (Lipinski definition) is 6. The van der Waals surface area contributed by atoms with Crippen LogP contribution >= 0.6 is 11.8 Å². The Balaban J connectivity index is 2.01. The van der Waals surface area contributed by atoms with Crippen molar-refractivity contribution in [3.63, 3.8) is 0 Å². The topological polar surface area (TPSA) is 74.2 Å². The summed E-state index contributed by atoms with van der Waals surface area (Å²) in [4.78, 5) is 11.8. The largest absolute Gasteiger partial charge is 0.493 e. The number of thioether (sulfide) groups is 1. The molecule has 0 radical (unpaired) electrons. The van der Waals surface area contributed by atoms with Crippen LogP contribution in [0.5, 0.6) is 11.5 Å². The third kappa shape index (κ3) is 9.51. The van der Waals surface area contributed by atoms with Gasteiger partial charge in [-0.05, 0) is 63.6 Å². The first-order valence-electron chi connectivity index (χ1n) is 10.9. The van der Waals surface area contributed by atoms with Crippen LogP contribution in [0, 0.1) is 19.8 Å². The maximum Gasteiger partial charge on any atom is 0.341 e. The van der Waals surface area contributed by atoms with Gasteiger partial charge in [-0.3, -0.25) is 0 Å². The van der Waals surface area contributed by atoms with Gasteiger partial charge in [0.15, 0.2) is 12.9 Å². The van der Waals surface area contributed by atoms with Gasteiger partial charge in [-0.2, -0.15) is 0 Å². The van der Waals surface area contributed by atoms with E-state index in [1.165, 1.54) is 5.56 Å². The standard InChI is InChI=1S/C25H34O6S/c1-5-28-25(29-6-2)14-20(15-30-21-9-7-18(3)8-10-21)17-32-22-11-12-23(19(4)13-22)31-16-24(26)27/h7-13,20,25H,5-6,14-17H2,1-4H3,(H,26,27). The zero-order chi connectivity index (χ0) is 23.3. The molecule has 2 aromatic rings. The van der Waals surface area contributed by atoms with Crippen LogP contribution in [0.3, 0.4) is 0 Å². The lowest BCUT2D eigenvalue weighted by molar-refractivity contribution is -0.146. The monoisotopic (exact) mass is 462 g/mol. The van der Waals surface area contributed by atoms with Gasteiger partial charge in [0.1, 0.15) is 11.5 Å². The summed E-state index contributed by atoms with van der Waals surface area (Å²) in [7, 11) is 0. The van der Waals surface area contributed by atoms with Crippen molar-refractivity contribution in [3.8, 4) is 11.5 Å². The van der Waals surface area contributed by atoms with E-state index in [1.54, 1.807) is 11.8 Å². The van der Waals surface area contributed by atoms with Crippen LogP contribution in [0.15, 0.2) is 47.4 Å². The van der Waals surface area contributed by atoms with Crippen molar-refractivity contribution in [1.82, 2.24) is 0 Å². The summed E-state index contributed by atoms with van der Waals surface area (Å²) in [6.07, 6.45) is 0.477. The highest BCUT2D eigenvalue weighted by Crippen LogP contribution is 2.29. The van der Waals surface area contributed by atoms with Crippen molar-refractivity contribution in [2.24, 2.45) is 5.92 Å². The third-order valence-electron chi connectivity index (χ3n) is 4.72. The summed E-state index contributed by atoms with van der Waals surface area (Å²) in [5.74, 6) is 1.50. The quantitative estimate of drug-likeness (QED) is 0.283. The molecule has 0 aliphatic heterocycles. The summed E-state index contributed by atoms with van der Waals surface area (Å²) in [6, 6.07) is 13.8. The fourth-order valence-electron chi connectivity index (χ4n) is 3.09. The van der Waals surface area contributed by atoms with Crippen LogP contribution in [0.1, 0.15) is 31.4 Å². The molecule has 0 amide bonds. The van der Waals surface area contributed by atoms with E-state index >= 15 is 0 Å². The Morgan fingerprint density at radius 1 is 1.00 bits per heavy atom. The van der Waals surface area contributed by atoms with Crippen LogP contribution in [-0.4, -0.2) is 49.5 Å². The molecule has 2 aromatic carbocycles. The first-order chi connectivity index (χ1) is 15.4. The number of aryl methyl sites for hydroxylation is 2. The molecule has 0 bridgehead atoms. The van der Waals surface area contributed by atoms with Gasteiger partial charge in [0, 0.05) is 36.2 Å². The number of benzene rings is 2. The Morgan fingerprint density at radius 3 is 2.28 bits per heavy atom. The second-order valence-electron chi connectivity index (χ2n) is 7.49. The van der Waals surface area contributed by atoms with E-state index in [4.69, 9.17) is 24.1 Å². The summed E-state index contributed by atoms with van der Waals surface area (Å²) in [6.45, 7) is 9.32. The Kier molecular flexibility index (Phi) is 11.4. The van der Waals surface area contributed by atoms with Gasteiger partial charge >= 0.3 is 5.97 Å². The third-order valence-corrected chi connectivity index (χ3v) is 5.95. The number of hydrogen-bond donors (Lipinski definition) is 1. The van der Waals surface area contributed by atoms with E-state index in [2.05, 4.69) is 6.92 Å². The van der Waals surface area contributed by atoms with E-state index in [1.807, 2.05) is 63.2 Å². The van der Waals surface area contributed by atoms with Gasteiger partial charge in [-0.1, -0.05) is 17.7 Å². The number of carboxylic acid groups (broad SMARTS) is 1. The zero-order valence-electron chi connectivity index (χ0n) is 19.3. The zero-order valence-corrected chi connectivity index (χ0v) is 20.2. The molecule has 1 atom stereocenters. The fourth-order valence-corrected chi connectivity index (χ4v) is 4.17. The summed E-state index contributed by atoms with van der Waals surface area (Å²) in [5, 5.41) is 8.80. The molecule has 0 heterocycles. The summed E-state index contributed by atoms with van der Waals surface area (Å²) in [5.41, 5.74) is 2.11. The van der Waals surface area contributed by atoms with E-state index in [9.17, 15) is 4.79 Å². The normalized spacial score (nSPS) is 12.0. The molecule has 0 aliphatic rings. The van der Waals surface area contributed by atoms with Crippen LogP contribution < -0.4 is 9.47 Å². The number of carbonyl (C=O) groups is 1. The molecule has 0 saturated carbocycles. The average Bonchev–Trinajstić information content (AvgIpc) is 2.76. The van der Waals surface area contributed by atoms with Crippen molar-refractivity contribution in [1.29, 1.82) is 0 Å². The number of rotatable bonds is 15. The lowest BCUT2D eigenvalue weighted by Crippen LogP contribution is -2.26. The molecular weight excluding hydrogens is 428 g/mol. The minimum atomic E-state index is -0.988. The van der Waals surface area contributed by atoms with Gasteiger partial charge in [0.05, 0.1) is 6.61 Å². The second-order valence-corrected chi connectivity index (χ2v) is 8.58. The van der Waals surface area contributed by atoms with Crippen LogP contribution in [0.4, 0.5) is 0 Å². The predicted molar refractivity (Wildman–Crippen MR) is 127 cm³/mol. The molecule has 176 valence electrons. The number of carboxylic acids is 1. The molecule has 0 aromatic heterocycles. The highest BCUT2D eigenvalue weighted by atomic mass is 32.2. The van der Waals surface area contributed by atoms with Crippen molar-refractivity contribution in [3.05, 3.63) is 53.6 Å². The molecule has 0 aliphatic carbocycles. The van der Waals surface area contributed by atoms with E-state index in [0.717, 1.165) is 28.4 Å². The molecule has 0 spiro atoms. The van der Waals surface area contributed by atoms with E-state index in [-0.39, 0.29) is 18.8 Å². The Hall–Kier alpha value is -2.22. The maximum absolute atomic E-state index is 10.7. The molecule has 1 N–H and O–H groups in total. The van der Waals surface area contributed by atoms with Gasteiger partial charge < -0.3 is 24.1 Å². The van der Waals surface area contributed by atoms with Crippen molar-refractivity contribution in [2.45, 2.75) is 45.3 Å². The molecule has 1 unspecified atom stereocenters. The van der Waals surface area contributed by atoms with Gasteiger partial charge in [0.2, 0.25) is 0 Å². The second kappa shape index (κ2) is 14.0. The van der Waals surface area contributed by atoms with E-state index < -0.39 is 5.97 Å². The number of aliphatic carboxylic acids is 1. The number of ether oxygens (including phenoxy) is 4. The van der Waals surface area contributed by atoms with Crippen LogP contribution in [0.2, 0.25) is 0 Å². The molecule has 32 heavy (non-hydrogen) atoms. The van der Waals surface area contributed by atoms with Crippen LogP contribution in [0.25, 0.3) is 0 Å². The lowest BCUT2D eigenvalue weighted by Gasteiger charge is -2.23. The molecule has 7 heteroatoms. The Morgan fingerprint density at radius 2 is 1.69 bits per heavy atom. The Labute approximate surface area is 195 Å². The molecule has 0 fully saturated rings. The first kappa shape index (κ1) is 26.0. The van der Waals surface area contributed by atoms with Crippen molar-refractivity contribution < 1.29 is 28.8 Å². The highest BCUT2D eigenvalue weighted by molar-refractivity contribution is 7.99. The molecular formula is C25H34O6S. The minimum Gasteiger partial charge on any atom is -0.493 e. The van der Waals surface area contributed by atoms with Crippen molar-refractivity contribution in [2.75, 3.05) is 32.2 Å². The summed E-state index contributed by atoms with van der Waals surface area (Å²) >= 11 is 1.73. The first-order valence-corrected chi connectivity index (χ1v) is 11.9. The predicted octanol–water partition coefficient (Wildman–Crippen LogP) is 5.34. The minimum absolute atomic E-state index is 0.215. The Bertz CT molecular complexity index is 818. The van der Waals surface area contributed by atoms with Crippen molar-refractivity contribution >= 4 is 17.7 Å². The van der Waals surface area contributed by atoms with Gasteiger partial charge in [-0.15, -0.1) is 11.8 Å². The maximum atomic E-state index is 10.7. The molecule has 0 saturated heterocycles. The van der Waals surface area contributed by atoms with Crippen LogP contribution in [-0.2, 0) is 14.3 Å². The lowest BCUT2D eigenvalue weighted by atomic mass is 10.1. The highest BCUT2D eigenvalue weighted by Gasteiger charge is 2.19. The van der Waals surface area contributed by atoms with Gasteiger partial charge in [0.25, 0.3) is 0 Å². The van der Waals surface area contributed by atoms with Gasteiger partial charge in [-0.25, -0.2) is 4.79 Å².